The topological polar surface area (TPSA) is 381 Å². The Hall–Kier alpha value is -8.91. The van der Waals surface area contributed by atoms with Crippen LogP contribution >= 0.6 is 104 Å². The maximum absolute atomic E-state index is 11.5. The molecule has 29 nitrogen and oxygen atoms in total. The van der Waals surface area contributed by atoms with Crippen LogP contribution in [0.5, 0.6) is 0 Å². The fourth-order valence-electron chi connectivity index (χ4n) is 9.41. The lowest BCUT2D eigenvalue weighted by atomic mass is 10.2. The number of nitrogen functional groups attached to an aromatic ring is 2. The van der Waals surface area contributed by atoms with Gasteiger partial charge in [0.1, 0.15) is 69.6 Å². The Bertz CT molecular complexity index is 4730. The minimum Gasteiger partial charge on any atom is -0.399 e. The first kappa shape index (κ1) is 90.5. The van der Waals surface area contributed by atoms with Crippen molar-refractivity contribution in [1.82, 2.24) is 79.0 Å². The molecule has 11 aromatic rings. The molecule has 0 radical (unpaired) electrons. The average Bonchev–Trinajstić information content (AvgIpc) is 1.64. The molecular weight excluding hydrogens is 1560 g/mol. The van der Waals surface area contributed by atoms with Gasteiger partial charge in [0.05, 0.1) is 50.2 Å². The lowest BCUT2D eigenvalue weighted by molar-refractivity contribution is -0.384. The number of fused-ring (bicyclic) bond motifs is 1. The van der Waals surface area contributed by atoms with Gasteiger partial charge in [-0.15, -0.1) is 0 Å². The second-order valence-electron chi connectivity index (χ2n) is 25.3. The van der Waals surface area contributed by atoms with Gasteiger partial charge in [0.25, 0.3) is 0 Å². The number of nitrogens with two attached hydrogens (primary N) is 2. The van der Waals surface area contributed by atoms with E-state index in [2.05, 4.69) is 100 Å². The summed E-state index contributed by atoms with van der Waals surface area (Å²) in [6.45, 7) is 38.3. The van der Waals surface area contributed by atoms with Crippen molar-refractivity contribution < 1.29 is 14.6 Å². The van der Waals surface area contributed by atoms with E-state index in [0.29, 0.717) is 71.7 Å². The number of carbonyl (C=O) groups is 1. The Balaban J connectivity index is 0.000000268. The number of H-pyrrole nitrogens is 1. The summed E-state index contributed by atoms with van der Waals surface area (Å²) in [5, 5.41) is 56.7. The van der Waals surface area contributed by atoms with Gasteiger partial charge in [-0.25, -0.2) is 48.9 Å². The minimum atomic E-state index is -0.587. The molecule has 0 saturated carbocycles. The van der Waals surface area contributed by atoms with Crippen molar-refractivity contribution in [1.29, 1.82) is 0 Å². The first-order valence-electron chi connectivity index (χ1n) is 32.7. The Morgan fingerprint density at radius 3 is 1.20 bits per heavy atom. The maximum atomic E-state index is 11.5. The molecule has 0 fully saturated rings. The van der Waals surface area contributed by atoms with E-state index in [9.17, 15) is 25.0 Å². The molecule has 38 heteroatoms. The van der Waals surface area contributed by atoms with E-state index < -0.39 is 9.85 Å². The summed E-state index contributed by atoms with van der Waals surface area (Å²) in [5.41, 5.74) is 23.8. The summed E-state index contributed by atoms with van der Waals surface area (Å²) in [4.78, 5) is 59.0. The minimum absolute atomic E-state index is 0.0236. The van der Waals surface area contributed by atoms with E-state index in [4.69, 9.17) is 116 Å². The van der Waals surface area contributed by atoms with Crippen molar-refractivity contribution in [2.24, 2.45) is 0 Å². The molecule has 11 heterocycles. The number of halogens is 9. The first-order chi connectivity index (χ1) is 49.8. The molecule has 11 rings (SSSR count). The van der Waals surface area contributed by atoms with Crippen LogP contribution in [0.1, 0.15) is 135 Å². The van der Waals surface area contributed by atoms with E-state index >= 15 is 0 Å². The van der Waals surface area contributed by atoms with Crippen LogP contribution in [0.25, 0.3) is 28.5 Å². The van der Waals surface area contributed by atoms with Gasteiger partial charge in [-0.3, -0.25) is 25.3 Å². The molecule has 0 saturated heterocycles. The third-order valence-corrected chi connectivity index (χ3v) is 14.9. The van der Waals surface area contributed by atoms with Crippen LogP contribution in [0.4, 0.5) is 45.5 Å². The number of aryl methyl sites for hydroxylation is 8. The third kappa shape index (κ3) is 29.3. The van der Waals surface area contributed by atoms with Crippen LogP contribution in [0, 0.1) is 75.6 Å². The standard InChI is InChI=1S/C14H16ClN5.C13H16ClN5O2.C13H18ClN5.C8H9Cl2N3O2.C8H10Cl2N2.C5H4Cl2N2.C5H8N2.C3H6O/c1-8(2)19-7-16-13-11(19)6-12(15)17-14(13)20-10(4)5-9(3)18-20;1-7(2)15-10-6-11(14)16-13(12(10)19(20)21)18-9(4)5-8(3)17-18;1-7(2)16-10-6-11(14)17-13(12(10)15)19-9(4)5-8(3)18-19;1-4(2)11-5-3-6(9)12-8(10)7(5)13(14)15;1-5(2)11-6-3-7(9)12-8(10)4-6;6-4-1-3(8)2-5(7)9-4;1-4-3-5(2)7-6-4;1-3(2)4/h5-8H,1-4H3;5-7H,1-4H3,(H,15,16);5-7H,15H2,1-4H3,(H,16,17);3-4H,1-2H3,(H,11,12);3-5H,1-2H3,(H,11,12);1-2H,(H2,8,9);3H,1-2H3,(H,6,7);1-2H3. The average molecular weight is 1650 g/mol. The highest BCUT2D eigenvalue weighted by molar-refractivity contribution is 6.35. The van der Waals surface area contributed by atoms with Crippen LogP contribution in [-0.4, -0.2) is 119 Å². The summed E-state index contributed by atoms with van der Waals surface area (Å²) in [6, 6.07) is 21.8. The highest BCUT2D eigenvalue weighted by Crippen LogP contribution is 2.36. The van der Waals surface area contributed by atoms with Crippen molar-refractivity contribution in [2.45, 2.75) is 169 Å². The van der Waals surface area contributed by atoms with Crippen LogP contribution < -0.4 is 32.7 Å². The third-order valence-electron chi connectivity index (χ3n) is 13.1. The zero-order chi connectivity index (χ0) is 80.8. The predicted octanol–water partition coefficient (Wildman–Crippen LogP) is 19.6. The summed E-state index contributed by atoms with van der Waals surface area (Å²) in [7, 11) is 0. The Kier molecular flexibility index (Phi) is 35.5. The van der Waals surface area contributed by atoms with Gasteiger partial charge in [0.2, 0.25) is 11.0 Å². The lowest BCUT2D eigenvalue weighted by Gasteiger charge is -2.16. The molecule has 0 atom stereocenters. The molecule has 0 aromatic carbocycles. The largest absolute Gasteiger partial charge is 0.399 e. The summed E-state index contributed by atoms with van der Waals surface area (Å²) in [5.74, 6) is 1.51. The molecule has 0 spiro atoms. The van der Waals surface area contributed by atoms with Gasteiger partial charge in [-0.05, 0) is 187 Å². The second-order valence-corrected chi connectivity index (χ2v) is 28.7. The van der Waals surface area contributed by atoms with Gasteiger partial charge in [-0.2, -0.15) is 20.4 Å². The van der Waals surface area contributed by atoms with Crippen molar-refractivity contribution in [3.05, 3.63) is 191 Å². The normalized spacial score (nSPS) is 10.6. The lowest BCUT2D eigenvalue weighted by Crippen LogP contribution is -2.14. The molecule has 0 aliphatic carbocycles. The Labute approximate surface area is 665 Å². The van der Waals surface area contributed by atoms with Crippen molar-refractivity contribution >= 4 is 167 Å². The van der Waals surface area contributed by atoms with E-state index in [1.165, 1.54) is 42.8 Å². The van der Waals surface area contributed by atoms with E-state index in [1.807, 2.05) is 147 Å². The number of Topliss-reactive ketones (excluding diaryl/α,β-unsaturated/α-hetero) is 1. The molecule has 9 N–H and O–H groups in total. The van der Waals surface area contributed by atoms with Gasteiger partial charge in [0, 0.05) is 88.6 Å². The quantitative estimate of drug-likeness (QED) is 0.0302. The molecule has 0 unspecified atom stereocenters. The van der Waals surface area contributed by atoms with Crippen LogP contribution in [0.2, 0.25) is 46.4 Å². The first-order valence-corrected chi connectivity index (χ1v) is 36.1. The molecule has 576 valence electrons. The number of aromatic nitrogens is 16. The molecule has 0 aliphatic heterocycles. The predicted molar refractivity (Wildman–Crippen MR) is 436 cm³/mol. The van der Waals surface area contributed by atoms with E-state index in [1.54, 1.807) is 27.6 Å². The number of carbonyl (C=O) groups excluding carboxylic acids is 1. The van der Waals surface area contributed by atoms with E-state index in [0.717, 1.165) is 68.0 Å². The zero-order valence-corrected chi connectivity index (χ0v) is 69.4. The number of anilines is 6. The summed E-state index contributed by atoms with van der Waals surface area (Å²) >= 11 is 51.9. The van der Waals surface area contributed by atoms with Crippen LogP contribution in [0.3, 0.4) is 0 Å². The number of aromatic amines is 1. The van der Waals surface area contributed by atoms with Crippen LogP contribution in [-0.2, 0) is 4.79 Å². The number of pyridine rings is 6. The zero-order valence-electron chi connectivity index (χ0n) is 62.6. The second kappa shape index (κ2) is 42.0. The monoisotopic (exact) mass is 1650 g/mol. The number of ketones is 1. The number of hydrogen-bond acceptors (Lipinski definition) is 22. The number of imidazole rings is 1. The number of hydrogen-bond donors (Lipinski definition) is 7. The molecule has 0 aliphatic rings. The van der Waals surface area contributed by atoms with E-state index in [-0.39, 0.29) is 62.2 Å². The van der Waals surface area contributed by atoms with Crippen LogP contribution in [0.15, 0.2) is 79.1 Å². The van der Waals surface area contributed by atoms with Crippen molar-refractivity contribution in [3.63, 3.8) is 0 Å². The molecule has 11 aromatic heterocycles. The SMILES string of the molecule is CC(C)=O.CC(C)Nc1cc(Cl)nc(Cl)c1.CC(C)Nc1cc(Cl)nc(Cl)c1[N+](=O)[O-].Cc1cc(C)[nH]n1.Cc1cc(C)n(-c2nc(Cl)cc(NC(C)C)c2N)n1.Cc1cc(C)n(-c2nc(Cl)cc(NC(C)C)c2[N+](=O)[O-])n1.Cc1cc(C)n(-c2nc(Cl)cc3c2ncn3C(C)C)n1.Nc1cc(Cl)nc(Cl)c1. The number of nitrogens with one attached hydrogen (secondary N) is 5. The van der Waals surface area contributed by atoms with Crippen molar-refractivity contribution in [3.8, 4) is 17.5 Å². The molecular formula is C69H87Cl9N24O5. The van der Waals surface area contributed by atoms with Gasteiger partial charge >= 0.3 is 11.4 Å². The molecule has 0 bridgehead atoms. The summed E-state index contributed by atoms with van der Waals surface area (Å²) in [6.07, 6.45) is 1.82. The fourth-order valence-corrected chi connectivity index (χ4v) is 11.4. The fraction of sp³-hybridized carbons (Fsp3) is 0.362. The highest BCUT2D eigenvalue weighted by atomic mass is 35.5. The summed E-state index contributed by atoms with van der Waals surface area (Å²) < 4.78 is 7.02. The molecule has 0 amide bonds. The Morgan fingerprint density at radius 2 is 0.822 bits per heavy atom. The number of rotatable bonds is 14. The van der Waals surface area contributed by atoms with Crippen molar-refractivity contribution in [2.75, 3.05) is 32.7 Å². The number of nitrogens with zero attached hydrogens (tertiary/aromatic N) is 17. The molecule has 107 heavy (non-hydrogen) atoms. The smallest absolute Gasteiger partial charge is 0.336 e. The number of nitro groups is 2. The van der Waals surface area contributed by atoms with Gasteiger partial charge in [-0.1, -0.05) is 104 Å². The Morgan fingerprint density at radius 1 is 0.458 bits per heavy atom. The van der Waals surface area contributed by atoms with Gasteiger partial charge in [0.15, 0.2) is 11.6 Å². The highest BCUT2D eigenvalue weighted by Gasteiger charge is 2.27. The van der Waals surface area contributed by atoms with Gasteiger partial charge < -0.3 is 42.1 Å². The maximum Gasteiger partial charge on any atom is 0.336 e.